The first-order chi connectivity index (χ1) is 12.6. The van der Waals surface area contributed by atoms with E-state index in [1.165, 1.54) is 11.6 Å². The zero-order valence-corrected chi connectivity index (χ0v) is 18.3. The van der Waals surface area contributed by atoms with Gasteiger partial charge >= 0.3 is 7.75 Å². The van der Waals surface area contributed by atoms with Crippen LogP contribution in [0.5, 0.6) is 0 Å². The van der Waals surface area contributed by atoms with Gasteiger partial charge in [-0.25, -0.2) is 9.24 Å². The van der Waals surface area contributed by atoms with E-state index in [0.29, 0.717) is 17.5 Å². The van der Waals surface area contributed by atoms with Crippen molar-refractivity contribution >= 4 is 30.5 Å². The Kier molecular flexibility index (Phi) is 7.33. The Morgan fingerprint density at radius 3 is 2.70 bits per heavy atom. The number of hydrogen-bond donors (Lipinski definition) is 1. The lowest BCUT2D eigenvalue weighted by molar-refractivity contribution is -0.109. The topological polar surface area (TPSA) is 83.5 Å². The molecular formula is C17H29N4O4PS. The lowest BCUT2D eigenvalue weighted by atomic mass is 10.2. The van der Waals surface area contributed by atoms with Crippen LogP contribution in [0.1, 0.15) is 20.3 Å². The third-order valence-corrected chi connectivity index (χ3v) is 7.41. The van der Waals surface area contributed by atoms with E-state index in [9.17, 15) is 9.36 Å². The molecule has 1 N–H and O–H groups in total. The van der Waals surface area contributed by atoms with E-state index in [0.717, 1.165) is 24.0 Å². The van der Waals surface area contributed by atoms with E-state index in [1.54, 1.807) is 21.1 Å². The normalized spacial score (nSPS) is 28.4. The van der Waals surface area contributed by atoms with Crippen molar-refractivity contribution in [2.24, 2.45) is 10.9 Å². The average Bonchev–Trinajstić information content (AvgIpc) is 3.27. The Hall–Kier alpha value is -1.12. The van der Waals surface area contributed by atoms with Gasteiger partial charge < -0.3 is 10.2 Å². The molecule has 3 unspecified atom stereocenters. The number of rotatable bonds is 9. The molecule has 0 aromatic heterocycles. The van der Waals surface area contributed by atoms with Gasteiger partial charge in [0.2, 0.25) is 0 Å². The van der Waals surface area contributed by atoms with E-state index in [4.69, 9.17) is 9.05 Å². The van der Waals surface area contributed by atoms with Gasteiger partial charge in [-0.1, -0.05) is 25.3 Å². The number of carbonyl (C=O) groups is 1. The monoisotopic (exact) mass is 416 g/mol. The first-order valence-electron chi connectivity index (χ1n) is 8.75. The van der Waals surface area contributed by atoms with E-state index in [1.807, 2.05) is 17.2 Å². The van der Waals surface area contributed by atoms with Gasteiger partial charge in [0.1, 0.15) is 11.7 Å². The Bertz CT molecular complexity index is 696. The van der Waals surface area contributed by atoms with Crippen LogP contribution in [-0.4, -0.2) is 66.2 Å². The van der Waals surface area contributed by atoms with Gasteiger partial charge in [0.25, 0.3) is 0 Å². The molecule has 0 aromatic carbocycles. The minimum absolute atomic E-state index is 0.00264. The fraction of sp³-hybridized carbons (Fsp3) is 0.647. The number of thioether (sulfide) groups is 1. The van der Waals surface area contributed by atoms with Crippen LogP contribution in [0.25, 0.3) is 0 Å². The van der Waals surface area contributed by atoms with Gasteiger partial charge in [-0.3, -0.25) is 18.8 Å². The highest BCUT2D eigenvalue weighted by molar-refractivity contribution is 8.13. The van der Waals surface area contributed by atoms with E-state index >= 15 is 0 Å². The molecule has 0 aromatic rings. The van der Waals surface area contributed by atoms with Crippen LogP contribution in [0.2, 0.25) is 0 Å². The lowest BCUT2D eigenvalue weighted by Gasteiger charge is -2.37. The van der Waals surface area contributed by atoms with Crippen molar-refractivity contribution in [3.63, 3.8) is 0 Å². The zero-order chi connectivity index (χ0) is 20.2. The first-order valence-corrected chi connectivity index (χ1v) is 11.2. The van der Waals surface area contributed by atoms with Gasteiger partial charge in [0, 0.05) is 25.9 Å². The van der Waals surface area contributed by atoms with Crippen LogP contribution in [0.15, 0.2) is 29.7 Å². The molecule has 1 aliphatic heterocycles. The van der Waals surface area contributed by atoms with E-state index < -0.39 is 7.75 Å². The second kappa shape index (κ2) is 8.92. The van der Waals surface area contributed by atoms with Crippen molar-refractivity contribution in [3.8, 4) is 0 Å². The number of aliphatic imine (C=N–C) groups is 1. The number of nitrogens with one attached hydrogen (secondary N) is 1. The summed E-state index contributed by atoms with van der Waals surface area (Å²) in [5.41, 5.74) is -0.316. The third kappa shape index (κ3) is 5.23. The lowest BCUT2D eigenvalue weighted by Crippen LogP contribution is -2.45. The van der Waals surface area contributed by atoms with Crippen molar-refractivity contribution in [1.82, 2.24) is 14.9 Å². The predicted octanol–water partition coefficient (Wildman–Crippen LogP) is 2.67. The van der Waals surface area contributed by atoms with Gasteiger partial charge in [-0.2, -0.15) is 0 Å². The second-order valence-electron chi connectivity index (χ2n) is 6.84. The summed E-state index contributed by atoms with van der Waals surface area (Å²) < 4.78 is 25.9. The molecule has 1 heterocycles. The van der Waals surface area contributed by atoms with E-state index in [-0.39, 0.29) is 23.9 Å². The highest BCUT2D eigenvalue weighted by atomic mass is 32.2. The molecule has 0 saturated heterocycles. The molecule has 0 amide bonds. The van der Waals surface area contributed by atoms with E-state index in [2.05, 4.69) is 23.8 Å². The number of nitrogens with zero attached hydrogens (tertiary/aromatic N) is 3. The Morgan fingerprint density at radius 2 is 2.22 bits per heavy atom. The van der Waals surface area contributed by atoms with Crippen LogP contribution < -0.4 is 5.32 Å². The van der Waals surface area contributed by atoms with Crippen LogP contribution in [0.4, 0.5) is 0 Å². The van der Waals surface area contributed by atoms with Gasteiger partial charge in [-0.05, 0) is 32.5 Å². The van der Waals surface area contributed by atoms with Crippen molar-refractivity contribution < 1.29 is 18.4 Å². The second-order valence-corrected chi connectivity index (χ2v) is 10.4. The smallest absolute Gasteiger partial charge is 0.327 e. The van der Waals surface area contributed by atoms with Crippen LogP contribution in [0, 0.1) is 5.92 Å². The molecule has 1 fully saturated rings. The maximum absolute atomic E-state index is 13.1. The molecule has 27 heavy (non-hydrogen) atoms. The molecule has 2 aliphatic rings. The SMILES string of the molecule is C=C1NC(=NC)C=CN1C1(COP(=O)(OCCSC(C)=O)N(C)C)CC1C. The summed E-state index contributed by atoms with van der Waals surface area (Å²) in [4.78, 5) is 17.2. The Morgan fingerprint density at radius 1 is 1.56 bits per heavy atom. The third-order valence-electron chi connectivity index (χ3n) is 4.69. The molecule has 10 heteroatoms. The minimum Gasteiger partial charge on any atom is -0.327 e. The average molecular weight is 416 g/mol. The molecule has 0 radical (unpaired) electrons. The highest BCUT2D eigenvalue weighted by Gasteiger charge is 2.57. The van der Waals surface area contributed by atoms with Gasteiger partial charge in [0.05, 0.1) is 18.8 Å². The summed E-state index contributed by atoms with van der Waals surface area (Å²) in [6.07, 6.45) is 4.70. The molecule has 3 atom stereocenters. The summed E-state index contributed by atoms with van der Waals surface area (Å²) in [7, 11) is 1.59. The summed E-state index contributed by atoms with van der Waals surface area (Å²) in [6, 6.07) is 0. The largest absolute Gasteiger partial charge is 0.407 e. The number of hydrogen-bond acceptors (Lipinski definition) is 7. The minimum atomic E-state index is -3.44. The van der Waals surface area contributed by atoms with Crippen LogP contribution in [0.3, 0.4) is 0 Å². The standard InChI is InChI=1S/C17H29N4O4PS/c1-13-11-17(13,21-8-7-16(18-4)19-14(21)2)12-25-26(23,20(5)6)24-9-10-27-15(3)22/h7-8,13H,2,9-12H2,1,3-6H3,(H,18,19). The van der Waals surface area contributed by atoms with Crippen molar-refractivity contribution in [3.05, 3.63) is 24.7 Å². The number of amidine groups is 1. The quantitative estimate of drug-likeness (QED) is 0.454. The van der Waals surface area contributed by atoms with Crippen LogP contribution in [-0.2, 0) is 18.4 Å². The molecule has 8 nitrogen and oxygen atoms in total. The molecule has 1 aliphatic carbocycles. The highest BCUT2D eigenvalue weighted by Crippen LogP contribution is 2.56. The first kappa shape index (κ1) is 22.2. The molecule has 2 rings (SSSR count). The van der Waals surface area contributed by atoms with Crippen molar-refractivity contribution in [2.75, 3.05) is 40.1 Å². The fourth-order valence-electron chi connectivity index (χ4n) is 2.91. The maximum Gasteiger partial charge on any atom is 0.407 e. The predicted molar refractivity (Wildman–Crippen MR) is 109 cm³/mol. The van der Waals surface area contributed by atoms with Gasteiger partial charge in [0.15, 0.2) is 5.12 Å². The molecule has 1 saturated carbocycles. The summed E-state index contributed by atoms with van der Waals surface area (Å²) in [6.45, 7) is 8.11. The molecule has 0 bridgehead atoms. The van der Waals surface area contributed by atoms with Gasteiger partial charge in [-0.15, -0.1) is 0 Å². The van der Waals surface area contributed by atoms with Crippen LogP contribution >= 0.6 is 19.5 Å². The Balaban J connectivity index is 2.03. The summed E-state index contributed by atoms with van der Waals surface area (Å²) in [5.74, 6) is 2.24. The van der Waals surface area contributed by atoms with Crippen molar-refractivity contribution in [2.45, 2.75) is 25.8 Å². The molecular weight excluding hydrogens is 387 g/mol. The summed E-state index contributed by atoms with van der Waals surface area (Å²) in [5, 5.41) is 3.15. The molecule has 0 spiro atoms. The Labute approximate surface area is 165 Å². The summed E-state index contributed by atoms with van der Waals surface area (Å²) >= 11 is 1.14. The number of carbonyl (C=O) groups excluding carboxylic acids is 1. The maximum atomic E-state index is 13.1. The molecule has 152 valence electrons. The zero-order valence-electron chi connectivity index (χ0n) is 16.6. The van der Waals surface area contributed by atoms with Crippen molar-refractivity contribution in [1.29, 1.82) is 0 Å². The fourth-order valence-corrected chi connectivity index (χ4v) is 4.73.